The molecule has 1 heterocycles. The second-order valence-electron chi connectivity index (χ2n) is 5.21. The lowest BCUT2D eigenvalue weighted by atomic mass is 10.1. The molecule has 3 N–H and O–H groups in total. The number of phosphoric ester groups is 1. The van der Waals surface area contributed by atoms with Gasteiger partial charge in [-0.1, -0.05) is 6.07 Å². The molecule has 0 unspecified atom stereocenters. The molecule has 2 aromatic rings. The monoisotopic (exact) mass is 303 g/mol. The van der Waals surface area contributed by atoms with Crippen LogP contribution in [0.3, 0.4) is 0 Å². The second kappa shape index (κ2) is 5.22. The Morgan fingerprint density at radius 2 is 2.10 bits per heavy atom. The number of nitrogens with zero attached hydrogens (tertiary/aromatic N) is 1. The van der Waals surface area contributed by atoms with Gasteiger partial charge in [-0.3, -0.25) is 9.79 Å². The van der Waals surface area contributed by atoms with Gasteiger partial charge in [0.2, 0.25) is 0 Å². The zero-order valence-electron chi connectivity index (χ0n) is 15.4. The van der Waals surface area contributed by atoms with Crippen LogP contribution in [0.25, 0.3) is 10.9 Å². The van der Waals surface area contributed by atoms with Crippen LogP contribution >= 0.6 is 7.82 Å². The molecule has 0 aliphatic heterocycles. The number of aromatic nitrogens is 1. The average Bonchev–Trinajstić information content (AvgIpc) is 2.80. The van der Waals surface area contributed by atoms with Crippen molar-refractivity contribution < 1.29 is 28.8 Å². The number of hydrogen-bond donors (Lipinski definition) is 3. The van der Waals surface area contributed by atoms with E-state index < -0.39 is 20.7 Å². The number of aromatic amines is 1. The van der Waals surface area contributed by atoms with Crippen LogP contribution in [-0.2, 0) is 10.9 Å². The Morgan fingerprint density at radius 3 is 2.70 bits per heavy atom. The minimum Gasteiger partial charge on any atom is -0.404 e. The Hall–Kier alpha value is -1.33. The van der Waals surface area contributed by atoms with Gasteiger partial charge in [-0.25, -0.2) is 4.57 Å². The summed E-state index contributed by atoms with van der Waals surface area (Å²) in [6.07, 6.45) is -1.16. The number of quaternary nitrogens is 1. The van der Waals surface area contributed by atoms with E-state index >= 15 is 0 Å². The molecule has 2 rings (SSSR count). The van der Waals surface area contributed by atoms with Crippen molar-refractivity contribution in [1.29, 1.82) is 0 Å². The van der Waals surface area contributed by atoms with Gasteiger partial charge in [-0.05, 0) is 17.7 Å². The van der Waals surface area contributed by atoms with E-state index in [1.54, 1.807) is 6.07 Å². The third-order valence-corrected chi connectivity index (χ3v) is 2.85. The van der Waals surface area contributed by atoms with Crippen molar-refractivity contribution in [3.05, 3.63) is 30.0 Å². The Bertz CT molecular complexity index is 810. The number of likely N-dealkylation sites (N-methyl/N-ethyl adjacent to an activating group) is 1. The van der Waals surface area contributed by atoms with Crippen molar-refractivity contribution in [2.24, 2.45) is 0 Å². The summed E-state index contributed by atoms with van der Waals surface area (Å²) in [5.74, 6) is -0.210. The smallest absolute Gasteiger partial charge is 0.404 e. The molecule has 0 atom stereocenters. The maximum atomic E-state index is 11.2. The highest BCUT2D eigenvalue weighted by molar-refractivity contribution is 7.46. The number of H-pyrrole nitrogens is 1. The molecule has 1 aromatic carbocycles. The first-order valence-corrected chi connectivity index (χ1v) is 7.39. The normalized spacial score (nSPS) is 17.2. The molecule has 0 radical (unpaired) electrons. The van der Waals surface area contributed by atoms with Gasteiger partial charge in [0.05, 0.1) is 30.4 Å². The van der Waals surface area contributed by atoms with Crippen LogP contribution in [0.4, 0.5) is 0 Å². The molecule has 6 nitrogen and oxygen atoms in total. The third kappa shape index (κ3) is 3.84. The number of fused-ring (bicyclic) bond motifs is 1. The minimum atomic E-state index is -4.85. The van der Waals surface area contributed by atoms with Crippen molar-refractivity contribution in [2.45, 2.75) is 6.37 Å². The van der Waals surface area contributed by atoms with E-state index in [-0.39, 0.29) is 21.2 Å². The van der Waals surface area contributed by atoms with Crippen LogP contribution in [0, 0.1) is 0 Å². The summed E-state index contributed by atoms with van der Waals surface area (Å²) in [7, 11) is -0.264. The molecule has 0 saturated carbocycles. The first-order valence-electron chi connectivity index (χ1n) is 7.86. The molecule has 0 aliphatic carbocycles. The first-order chi connectivity index (χ1) is 10.7. The van der Waals surface area contributed by atoms with Gasteiger partial charge >= 0.3 is 7.82 Å². The lowest BCUT2D eigenvalue weighted by Gasteiger charge is -2.23. The topological polar surface area (TPSA) is 82.6 Å². The van der Waals surface area contributed by atoms with Gasteiger partial charge in [0.15, 0.2) is 0 Å². The number of benzene rings is 1. The predicted octanol–water partition coefficient (Wildman–Crippen LogP) is 1.89. The molecule has 0 fully saturated rings. The van der Waals surface area contributed by atoms with Gasteiger partial charge in [0, 0.05) is 26.2 Å². The van der Waals surface area contributed by atoms with E-state index in [0.29, 0.717) is 5.52 Å². The number of rotatable bonds is 5. The highest BCUT2D eigenvalue weighted by Gasteiger charge is 2.20. The van der Waals surface area contributed by atoms with E-state index in [9.17, 15) is 4.57 Å². The molecule has 0 amide bonds. The van der Waals surface area contributed by atoms with Crippen LogP contribution < -0.4 is 4.52 Å². The van der Waals surface area contributed by atoms with Gasteiger partial charge in [0.1, 0.15) is 5.75 Å². The molecule has 0 spiro atoms. The fraction of sp³-hybridized carbons (Fsp3) is 0.385. The highest BCUT2D eigenvalue weighted by Crippen LogP contribution is 2.41. The maximum Gasteiger partial charge on any atom is 0.524 e. The highest BCUT2D eigenvalue weighted by atomic mass is 31.2. The van der Waals surface area contributed by atoms with Gasteiger partial charge in [0.25, 0.3) is 0 Å². The summed E-state index contributed by atoms with van der Waals surface area (Å²) in [6, 6.07) is 4.39. The molecule has 0 aliphatic rings. The number of aryl methyl sites for hydroxylation is 1. The number of nitrogens with one attached hydrogen (secondary N) is 1. The van der Waals surface area contributed by atoms with E-state index in [2.05, 4.69) is 9.51 Å². The van der Waals surface area contributed by atoms with Crippen molar-refractivity contribution in [1.82, 2.24) is 4.98 Å². The van der Waals surface area contributed by atoms with Gasteiger partial charge in [-0.15, -0.1) is 0 Å². The molecule has 7 heteroatoms. The van der Waals surface area contributed by atoms with E-state index in [1.807, 2.05) is 0 Å². The van der Waals surface area contributed by atoms with Crippen molar-refractivity contribution >= 4 is 18.7 Å². The molecule has 0 bridgehead atoms. The van der Waals surface area contributed by atoms with E-state index in [1.165, 1.54) is 39.5 Å². The van der Waals surface area contributed by atoms with Crippen molar-refractivity contribution in [2.75, 3.05) is 27.6 Å². The summed E-state index contributed by atoms with van der Waals surface area (Å²) in [5.41, 5.74) is 0.316. The molecular formula is C13H20N2O4P+. The summed E-state index contributed by atoms with van der Waals surface area (Å²) in [6.45, 7) is -2.32. The summed E-state index contributed by atoms with van der Waals surface area (Å²) < 4.78 is 48.7. The molecule has 0 saturated heterocycles. The fourth-order valence-electron chi connectivity index (χ4n) is 1.68. The quantitative estimate of drug-likeness (QED) is 0.582. The molecule has 1 aromatic heterocycles. The molecule has 110 valence electrons. The summed E-state index contributed by atoms with van der Waals surface area (Å²) in [4.78, 5) is 20.9. The molecule has 20 heavy (non-hydrogen) atoms. The van der Waals surface area contributed by atoms with Crippen LogP contribution in [0.1, 0.15) is 11.0 Å². The van der Waals surface area contributed by atoms with E-state index in [4.69, 9.17) is 15.3 Å². The zero-order valence-corrected chi connectivity index (χ0v) is 12.3. The second-order valence-corrected chi connectivity index (χ2v) is 6.38. The Morgan fingerprint density at radius 1 is 1.40 bits per heavy atom. The molecular weight excluding hydrogens is 279 g/mol. The number of hydrogen-bond acceptors (Lipinski definition) is 2. The Kier molecular flexibility index (Phi) is 2.72. The minimum absolute atomic E-state index is 0.0698. The SMILES string of the molecule is [2H]C([2H])(c1c[nH]c2cccc(OP(=O)(O)O)c12)C([2H])([2H])[N+](C)(C)C. The first kappa shape index (κ1) is 10.4. The number of phosphoric acid groups is 1. The van der Waals surface area contributed by atoms with Crippen LogP contribution in [0.5, 0.6) is 5.75 Å². The lowest BCUT2D eigenvalue weighted by molar-refractivity contribution is -0.870. The van der Waals surface area contributed by atoms with Crippen LogP contribution in [-0.4, -0.2) is 46.9 Å². The fourth-order valence-corrected chi connectivity index (χ4v) is 2.09. The van der Waals surface area contributed by atoms with E-state index in [0.717, 1.165) is 0 Å². The largest absolute Gasteiger partial charge is 0.524 e. The Labute approximate surface area is 123 Å². The Balaban J connectivity index is 2.72. The standard InChI is InChI=1S/C13H19N2O4P/c1-15(2,3)8-7-10-9-14-11-5-4-6-12(13(10)11)19-20(16,17)18/h4-6,9,14H,7-8H2,1-3H3,(H-,16,17,18)/p+1/i7D2,8D2. The average molecular weight is 303 g/mol. The maximum absolute atomic E-state index is 11.2. The van der Waals surface area contributed by atoms with Crippen molar-refractivity contribution in [3.63, 3.8) is 0 Å². The van der Waals surface area contributed by atoms with Gasteiger partial charge in [-0.2, -0.15) is 0 Å². The summed E-state index contributed by atoms with van der Waals surface area (Å²) in [5, 5.41) is 0.100. The third-order valence-electron chi connectivity index (χ3n) is 2.41. The summed E-state index contributed by atoms with van der Waals surface area (Å²) >= 11 is 0. The van der Waals surface area contributed by atoms with Crippen molar-refractivity contribution in [3.8, 4) is 5.75 Å². The van der Waals surface area contributed by atoms with Crippen LogP contribution in [0.15, 0.2) is 24.4 Å². The zero-order chi connectivity index (χ0) is 18.6. The lowest BCUT2D eigenvalue weighted by Crippen LogP contribution is -2.36. The van der Waals surface area contributed by atoms with Crippen LogP contribution in [0.2, 0.25) is 0 Å². The van der Waals surface area contributed by atoms with Gasteiger partial charge < -0.3 is 14.0 Å². The predicted molar refractivity (Wildman–Crippen MR) is 77.6 cm³/mol.